The molecular weight excluding hydrogens is 200 g/mol. The van der Waals surface area contributed by atoms with Gasteiger partial charge in [-0.2, -0.15) is 0 Å². The Hall–Kier alpha value is -1.10. The summed E-state index contributed by atoms with van der Waals surface area (Å²) in [6.07, 6.45) is -0.696. The molecule has 0 bridgehead atoms. The van der Waals surface area contributed by atoms with E-state index in [0.717, 1.165) is 0 Å². The number of carboxylic acid groups (broad SMARTS) is 1. The molecule has 0 spiro atoms. The van der Waals surface area contributed by atoms with Crippen LogP contribution in [0.15, 0.2) is 0 Å². The van der Waals surface area contributed by atoms with Crippen LogP contribution in [0, 0.1) is 11.8 Å². The molecule has 0 heterocycles. The monoisotopic (exact) mass is 216 g/mol. The van der Waals surface area contributed by atoms with Crippen molar-refractivity contribution >= 4 is 11.9 Å². The number of hydrogen-bond donors (Lipinski definition) is 2. The predicted octanol–water partition coefficient (Wildman–Crippen LogP) is 0.410. The first kappa shape index (κ1) is 12.0. The molecule has 0 aromatic carbocycles. The van der Waals surface area contributed by atoms with Crippen LogP contribution < -0.4 is 0 Å². The zero-order valence-electron chi connectivity index (χ0n) is 8.84. The molecule has 0 aromatic rings. The molecule has 0 amide bonds. The van der Waals surface area contributed by atoms with Gasteiger partial charge in [-0.05, 0) is 12.8 Å². The second-order valence-electron chi connectivity index (χ2n) is 4.08. The Kier molecular flexibility index (Phi) is 3.68. The first-order valence-electron chi connectivity index (χ1n) is 5.00. The third-order valence-electron chi connectivity index (χ3n) is 2.90. The molecule has 5 nitrogen and oxygen atoms in total. The van der Waals surface area contributed by atoms with Crippen LogP contribution in [0.2, 0.25) is 0 Å². The quantitative estimate of drug-likeness (QED) is 0.653. The lowest BCUT2D eigenvalue weighted by molar-refractivity contribution is -0.162. The molecular formula is C10H16O5. The van der Waals surface area contributed by atoms with E-state index in [1.807, 2.05) is 0 Å². The minimum Gasteiger partial charge on any atom is -0.481 e. The largest absolute Gasteiger partial charge is 0.481 e. The number of rotatable bonds is 2. The molecule has 4 atom stereocenters. The van der Waals surface area contributed by atoms with Crippen LogP contribution >= 0.6 is 0 Å². The second-order valence-corrected chi connectivity index (χ2v) is 4.08. The van der Waals surface area contributed by atoms with E-state index in [4.69, 9.17) is 9.84 Å². The van der Waals surface area contributed by atoms with Crippen molar-refractivity contribution in [2.24, 2.45) is 11.8 Å². The Morgan fingerprint density at radius 3 is 2.40 bits per heavy atom. The third kappa shape index (κ3) is 2.92. The molecule has 1 fully saturated rings. The van der Waals surface area contributed by atoms with Crippen molar-refractivity contribution in [3.63, 3.8) is 0 Å². The smallest absolute Gasteiger partial charge is 0.306 e. The van der Waals surface area contributed by atoms with Crippen molar-refractivity contribution in [2.45, 2.75) is 38.9 Å². The van der Waals surface area contributed by atoms with Crippen LogP contribution in [-0.4, -0.2) is 34.4 Å². The molecule has 1 rings (SSSR count). The summed E-state index contributed by atoms with van der Waals surface area (Å²) in [7, 11) is 0. The molecule has 0 aliphatic heterocycles. The summed E-state index contributed by atoms with van der Waals surface area (Å²) in [6.45, 7) is 3.04. The number of aliphatic carboxylic acids is 1. The molecule has 0 unspecified atom stereocenters. The second kappa shape index (κ2) is 4.61. The van der Waals surface area contributed by atoms with Crippen LogP contribution in [-0.2, 0) is 14.3 Å². The van der Waals surface area contributed by atoms with Crippen LogP contribution in [0.25, 0.3) is 0 Å². The SMILES string of the molecule is CC(=O)O[C@@H]1C[C@H](C(=O)O)C[C@H](O)[C@@H]1C. The number of carbonyl (C=O) groups is 2. The molecule has 1 aliphatic rings. The van der Waals surface area contributed by atoms with E-state index in [0.29, 0.717) is 0 Å². The minimum absolute atomic E-state index is 0.204. The number of carboxylic acids is 1. The van der Waals surface area contributed by atoms with Gasteiger partial charge in [-0.15, -0.1) is 0 Å². The Morgan fingerprint density at radius 1 is 1.33 bits per heavy atom. The molecule has 5 heteroatoms. The van der Waals surface area contributed by atoms with Gasteiger partial charge in [0.05, 0.1) is 12.0 Å². The molecule has 0 saturated heterocycles. The zero-order valence-corrected chi connectivity index (χ0v) is 8.84. The standard InChI is InChI=1S/C10H16O5/c1-5-8(12)3-7(10(13)14)4-9(5)15-6(2)11/h5,7-9,12H,3-4H2,1-2H3,(H,13,14)/t5-,7+,8-,9+/m0/s1. The third-order valence-corrected chi connectivity index (χ3v) is 2.90. The summed E-state index contributed by atoms with van der Waals surface area (Å²) in [5, 5.41) is 18.5. The highest BCUT2D eigenvalue weighted by Gasteiger charge is 2.38. The number of carbonyl (C=O) groups excluding carboxylic acids is 1. The molecule has 2 N–H and O–H groups in total. The first-order chi connectivity index (χ1) is 6.91. The number of aliphatic hydroxyl groups excluding tert-OH is 1. The van der Waals surface area contributed by atoms with E-state index in [-0.39, 0.29) is 18.8 Å². The average molecular weight is 216 g/mol. The maximum absolute atomic E-state index is 10.8. The Morgan fingerprint density at radius 2 is 1.93 bits per heavy atom. The fraction of sp³-hybridized carbons (Fsp3) is 0.800. The van der Waals surface area contributed by atoms with Crippen molar-refractivity contribution in [2.75, 3.05) is 0 Å². The van der Waals surface area contributed by atoms with E-state index in [1.165, 1.54) is 6.92 Å². The van der Waals surface area contributed by atoms with Gasteiger partial charge in [0.25, 0.3) is 0 Å². The lowest BCUT2D eigenvalue weighted by Crippen LogP contribution is -2.42. The highest BCUT2D eigenvalue weighted by molar-refractivity contribution is 5.70. The van der Waals surface area contributed by atoms with E-state index in [1.54, 1.807) is 6.92 Å². The lowest BCUT2D eigenvalue weighted by atomic mass is 9.78. The number of hydrogen-bond acceptors (Lipinski definition) is 4. The zero-order chi connectivity index (χ0) is 11.6. The molecule has 86 valence electrons. The van der Waals surface area contributed by atoms with Gasteiger partial charge in [0.15, 0.2) is 0 Å². The molecule has 0 aromatic heterocycles. The summed E-state index contributed by atoms with van der Waals surface area (Å²) in [5.74, 6) is -2.21. The molecule has 0 radical (unpaired) electrons. The van der Waals surface area contributed by atoms with Crippen LogP contribution in [0.4, 0.5) is 0 Å². The first-order valence-corrected chi connectivity index (χ1v) is 5.00. The van der Waals surface area contributed by atoms with Crippen molar-refractivity contribution in [1.82, 2.24) is 0 Å². The van der Waals surface area contributed by atoms with Gasteiger partial charge in [-0.1, -0.05) is 6.92 Å². The van der Waals surface area contributed by atoms with Crippen molar-refractivity contribution in [3.8, 4) is 0 Å². The normalized spacial score (nSPS) is 35.9. The number of aliphatic hydroxyl groups is 1. The number of esters is 1. The summed E-state index contributed by atoms with van der Waals surface area (Å²) in [6, 6.07) is 0. The minimum atomic E-state index is -0.946. The number of ether oxygens (including phenoxy) is 1. The van der Waals surface area contributed by atoms with E-state index in [9.17, 15) is 14.7 Å². The highest BCUT2D eigenvalue weighted by atomic mass is 16.5. The van der Waals surface area contributed by atoms with Crippen molar-refractivity contribution in [3.05, 3.63) is 0 Å². The summed E-state index contributed by atoms with van der Waals surface area (Å²) in [4.78, 5) is 21.6. The van der Waals surface area contributed by atoms with E-state index < -0.39 is 30.1 Å². The van der Waals surface area contributed by atoms with Gasteiger partial charge in [-0.3, -0.25) is 9.59 Å². The summed E-state index contributed by atoms with van der Waals surface area (Å²) in [5.41, 5.74) is 0. The van der Waals surface area contributed by atoms with Crippen LogP contribution in [0.3, 0.4) is 0 Å². The average Bonchev–Trinajstić information content (AvgIpc) is 2.11. The van der Waals surface area contributed by atoms with Crippen molar-refractivity contribution in [1.29, 1.82) is 0 Å². The van der Waals surface area contributed by atoms with E-state index >= 15 is 0 Å². The maximum atomic E-state index is 10.8. The highest BCUT2D eigenvalue weighted by Crippen LogP contribution is 2.31. The maximum Gasteiger partial charge on any atom is 0.306 e. The Balaban J connectivity index is 2.68. The topological polar surface area (TPSA) is 83.8 Å². The van der Waals surface area contributed by atoms with Crippen LogP contribution in [0.5, 0.6) is 0 Å². The van der Waals surface area contributed by atoms with Gasteiger partial charge >= 0.3 is 11.9 Å². The Labute approximate surface area is 88.0 Å². The molecule has 15 heavy (non-hydrogen) atoms. The summed E-state index contributed by atoms with van der Waals surface area (Å²) >= 11 is 0. The fourth-order valence-corrected chi connectivity index (χ4v) is 1.92. The predicted molar refractivity (Wildman–Crippen MR) is 51.1 cm³/mol. The van der Waals surface area contributed by atoms with Gasteiger partial charge in [0, 0.05) is 12.8 Å². The van der Waals surface area contributed by atoms with Crippen molar-refractivity contribution < 1.29 is 24.5 Å². The van der Waals surface area contributed by atoms with E-state index in [2.05, 4.69) is 0 Å². The van der Waals surface area contributed by atoms with Gasteiger partial charge in [0.2, 0.25) is 0 Å². The van der Waals surface area contributed by atoms with Crippen LogP contribution in [0.1, 0.15) is 26.7 Å². The molecule has 1 saturated carbocycles. The summed E-state index contributed by atoms with van der Waals surface area (Å²) < 4.78 is 4.99. The molecule has 1 aliphatic carbocycles. The Bertz CT molecular complexity index is 263. The van der Waals surface area contributed by atoms with Gasteiger partial charge in [-0.25, -0.2) is 0 Å². The van der Waals surface area contributed by atoms with Gasteiger partial charge < -0.3 is 14.9 Å². The lowest BCUT2D eigenvalue weighted by Gasteiger charge is -2.35. The fourth-order valence-electron chi connectivity index (χ4n) is 1.92. The van der Waals surface area contributed by atoms with Gasteiger partial charge in [0.1, 0.15) is 6.10 Å².